The van der Waals surface area contributed by atoms with Crippen LogP contribution in [0.3, 0.4) is 0 Å². The minimum Gasteiger partial charge on any atom is -0.482 e. The van der Waals surface area contributed by atoms with Crippen LogP contribution in [0, 0.1) is 0 Å². The van der Waals surface area contributed by atoms with Crippen molar-refractivity contribution in [2.75, 3.05) is 57.2 Å². The van der Waals surface area contributed by atoms with E-state index in [-0.39, 0.29) is 18.6 Å². The van der Waals surface area contributed by atoms with E-state index in [0.29, 0.717) is 11.8 Å². The van der Waals surface area contributed by atoms with Gasteiger partial charge in [-0.3, -0.25) is 4.79 Å². The lowest BCUT2D eigenvalue weighted by Gasteiger charge is -2.31. The second-order valence-corrected chi connectivity index (χ2v) is 9.80. The largest absolute Gasteiger partial charge is 0.482 e. The smallest absolute Gasteiger partial charge is 0.259 e. The number of carbonyl (C=O) groups excluding carboxylic acids is 1. The van der Waals surface area contributed by atoms with Gasteiger partial charge in [-0.1, -0.05) is 18.2 Å². The summed E-state index contributed by atoms with van der Waals surface area (Å²) in [6, 6.07) is 14.5. The quantitative estimate of drug-likeness (QED) is 0.495. The molecule has 2 aliphatic rings. The van der Waals surface area contributed by atoms with Crippen molar-refractivity contribution in [2.24, 2.45) is 0 Å². The zero-order chi connectivity index (χ0) is 25.6. The molecule has 1 aliphatic heterocycles. The van der Waals surface area contributed by atoms with E-state index < -0.39 is 0 Å². The number of amides is 1. The van der Waals surface area contributed by atoms with Crippen molar-refractivity contribution in [3.05, 3.63) is 48.7 Å². The number of nitrogens with zero attached hydrogens (tertiary/aromatic N) is 4. The van der Waals surface area contributed by atoms with Gasteiger partial charge in [0.25, 0.3) is 5.91 Å². The molecule has 1 saturated heterocycles. The Bertz CT molecular complexity index is 1190. The lowest BCUT2D eigenvalue weighted by molar-refractivity contribution is -0.130. The Morgan fingerprint density at radius 1 is 1.11 bits per heavy atom. The van der Waals surface area contributed by atoms with E-state index in [1.807, 2.05) is 18.2 Å². The van der Waals surface area contributed by atoms with Gasteiger partial charge >= 0.3 is 0 Å². The number of likely N-dealkylation sites (N-methyl/N-ethyl adjacent to an activating group) is 1. The lowest BCUT2D eigenvalue weighted by atomic mass is 9.93. The molecule has 0 unspecified atom stereocenters. The zero-order valence-electron chi connectivity index (χ0n) is 21.6. The molecule has 3 heterocycles. The monoisotopic (exact) mass is 505 g/mol. The van der Waals surface area contributed by atoms with E-state index in [9.17, 15) is 4.79 Å². The van der Waals surface area contributed by atoms with Crippen LogP contribution in [-0.2, 0) is 9.53 Å². The fraction of sp³-hybridized carbons (Fsp3) is 0.464. The van der Waals surface area contributed by atoms with E-state index in [4.69, 9.17) is 19.2 Å². The molecule has 3 aromatic rings. The van der Waals surface area contributed by atoms with Crippen LogP contribution in [0.1, 0.15) is 25.7 Å². The standard InChI is InChI=1S/C28H35N5O4/c1-32(2)27(34)19-36-23-11-12-25(29-18-23)30-21-7-9-22(10-8-21)37-28-24-6-4-3-5-20(24)17-26(31-28)33-13-15-35-16-14-33/h3-6,11-12,17-18,21-22H,7-10,13-16,19H2,1-2H3,(H,29,30)/t21-,22+. The number of morpholine rings is 1. The highest BCUT2D eigenvalue weighted by Gasteiger charge is 2.24. The number of hydrogen-bond acceptors (Lipinski definition) is 8. The molecule has 0 spiro atoms. The zero-order valence-corrected chi connectivity index (χ0v) is 21.6. The molecular formula is C28H35N5O4. The number of pyridine rings is 2. The average molecular weight is 506 g/mol. The first-order chi connectivity index (χ1) is 18.0. The number of hydrogen-bond donors (Lipinski definition) is 1. The van der Waals surface area contributed by atoms with Crippen molar-refractivity contribution in [3.63, 3.8) is 0 Å². The molecule has 0 atom stereocenters. The third kappa shape index (κ3) is 6.40. The number of ether oxygens (including phenoxy) is 3. The van der Waals surface area contributed by atoms with Crippen LogP contribution < -0.4 is 19.7 Å². The predicted molar refractivity (Wildman–Crippen MR) is 143 cm³/mol. The lowest BCUT2D eigenvalue weighted by Crippen LogP contribution is -2.37. The molecule has 1 saturated carbocycles. The summed E-state index contributed by atoms with van der Waals surface area (Å²) in [5, 5.41) is 5.73. The topological polar surface area (TPSA) is 89.0 Å². The summed E-state index contributed by atoms with van der Waals surface area (Å²) in [5.74, 6) is 2.98. The number of rotatable bonds is 8. The van der Waals surface area contributed by atoms with Crippen molar-refractivity contribution in [2.45, 2.75) is 37.8 Å². The Hall–Kier alpha value is -3.59. The summed E-state index contributed by atoms with van der Waals surface area (Å²) < 4.78 is 17.5. The summed E-state index contributed by atoms with van der Waals surface area (Å²) in [4.78, 5) is 24.9. The van der Waals surface area contributed by atoms with Crippen molar-refractivity contribution in [1.29, 1.82) is 0 Å². The Labute approximate surface area is 217 Å². The van der Waals surface area contributed by atoms with Crippen molar-refractivity contribution >= 4 is 28.3 Å². The number of anilines is 2. The first-order valence-corrected chi connectivity index (χ1v) is 13.0. The molecule has 1 aromatic carbocycles. The Morgan fingerprint density at radius 3 is 2.62 bits per heavy atom. The fourth-order valence-electron chi connectivity index (χ4n) is 4.71. The van der Waals surface area contributed by atoms with Gasteiger partial charge < -0.3 is 29.3 Å². The maximum Gasteiger partial charge on any atom is 0.259 e. The van der Waals surface area contributed by atoms with Gasteiger partial charge in [0.2, 0.25) is 5.88 Å². The minimum absolute atomic E-state index is 0.00493. The molecule has 9 nitrogen and oxygen atoms in total. The van der Waals surface area contributed by atoms with Crippen molar-refractivity contribution in [3.8, 4) is 11.6 Å². The number of carbonyl (C=O) groups is 1. The number of nitrogens with one attached hydrogen (secondary N) is 1. The van der Waals surface area contributed by atoms with Crippen LogP contribution in [0.25, 0.3) is 10.8 Å². The van der Waals surface area contributed by atoms with Crippen LogP contribution in [0.15, 0.2) is 48.7 Å². The molecular weight excluding hydrogens is 470 g/mol. The normalized spacial score (nSPS) is 19.9. The van der Waals surface area contributed by atoms with Gasteiger partial charge in [-0.25, -0.2) is 4.98 Å². The van der Waals surface area contributed by atoms with Gasteiger partial charge in [0, 0.05) is 38.6 Å². The number of fused-ring (bicyclic) bond motifs is 1. The third-order valence-corrected chi connectivity index (χ3v) is 6.93. The maximum atomic E-state index is 11.7. The van der Waals surface area contributed by atoms with E-state index in [1.165, 1.54) is 4.90 Å². The van der Waals surface area contributed by atoms with E-state index in [1.54, 1.807) is 20.3 Å². The maximum absolute atomic E-state index is 11.7. The van der Waals surface area contributed by atoms with Crippen molar-refractivity contribution in [1.82, 2.24) is 14.9 Å². The van der Waals surface area contributed by atoms with Gasteiger partial charge in [-0.15, -0.1) is 0 Å². The first-order valence-electron chi connectivity index (χ1n) is 13.0. The summed E-state index contributed by atoms with van der Waals surface area (Å²) in [7, 11) is 3.41. The molecule has 5 rings (SSSR count). The summed E-state index contributed by atoms with van der Waals surface area (Å²) >= 11 is 0. The Morgan fingerprint density at radius 2 is 1.89 bits per heavy atom. The second-order valence-electron chi connectivity index (χ2n) is 9.80. The first kappa shape index (κ1) is 25.1. The molecule has 1 aliphatic carbocycles. The predicted octanol–water partition coefficient (Wildman–Crippen LogP) is 3.74. The SMILES string of the molecule is CN(C)C(=O)COc1ccc(N[C@H]2CC[C@@H](Oc3nc(N4CCOCC4)cc4ccccc34)CC2)nc1. The van der Waals surface area contributed by atoms with Gasteiger partial charge in [0.1, 0.15) is 23.5 Å². The minimum atomic E-state index is -0.0859. The van der Waals surface area contributed by atoms with Crippen LogP contribution in [0.2, 0.25) is 0 Å². The Kier molecular flexibility index (Phi) is 7.89. The molecule has 2 aromatic heterocycles. The van der Waals surface area contributed by atoms with E-state index in [0.717, 1.165) is 80.3 Å². The Balaban J connectivity index is 1.16. The summed E-state index contributed by atoms with van der Waals surface area (Å²) in [6.45, 7) is 3.14. The molecule has 1 N–H and O–H groups in total. The molecule has 9 heteroatoms. The highest BCUT2D eigenvalue weighted by molar-refractivity contribution is 5.89. The van der Waals surface area contributed by atoms with Crippen LogP contribution in [0.5, 0.6) is 11.6 Å². The van der Waals surface area contributed by atoms with Gasteiger partial charge in [0.15, 0.2) is 6.61 Å². The molecule has 37 heavy (non-hydrogen) atoms. The molecule has 2 fully saturated rings. The third-order valence-electron chi connectivity index (χ3n) is 6.93. The molecule has 0 radical (unpaired) electrons. The average Bonchev–Trinajstić information content (AvgIpc) is 2.94. The number of aromatic nitrogens is 2. The fourth-order valence-corrected chi connectivity index (χ4v) is 4.71. The number of benzene rings is 1. The molecule has 1 amide bonds. The van der Waals surface area contributed by atoms with Gasteiger partial charge in [-0.2, -0.15) is 4.98 Å². The highest BCUT2D eigenvalue weighted by Crippen LogP contribution is 2.32. The molecule has 0 bridgehead atoms. The second kappa shape index (κ2) is 11.6. The van der Waals surface area contributed by atoms with Crippen LogP contribution >= 0.6 is 0 Å². The molecule has 196 valence electrons. The van der Waals surface area contributed by atoms with Crippen molar-refractivity contribution < 1.29 is 19.0 Å². The van der Waals surface area contributed by atoms with E-state index in [2.05, 4.69) is 39.5 Å². The van der Waals surface area contributed by atoms with E-state index >= 15 is 0 Å². The van der Waals surface area contributed by atoms with Gasteiger partial charge in [-0.05, 0) is 55.3 Å². The van der Waals surface area contributed by atoms with Crippen LogP contribution in [-0.4, -0.2) is 79.9 Å². The summed E-state index contributed by atoms with van der Waals surface area (Å²) in [5.41, 5.74) is 0. The van der Waals surface area contributed by atoms with Crippen LogP contribution in [0.4, 0.5) is 11.6 Å². The van der Waals surface area contributed by atoms with Gasteiger partial charge in [0.05, 0.1) is 19.4 Å². The summed E-state index contributed by atoms with van der Waals surface area (Å²) in [6.07, 6.45) is 5.66. The highest BCUT2D eigenvalue weighted by atomic mass is 16.5.